The predicted molar refractivity (Wildman–Crippen MR) is 102 cm³/mol. The molecule has 1 aliphatic heterocycles. The van der Waals surface area contributed by atoms with Crippen LogP contribution in [0.15, 0.2) is 24.5 Å². The minimum Gasteiger partial charge on any atom is -0.383 e. The molecule has 26 heavy (non-hydrogen) atoms. The maximum atomic E-state index is 6.01. The quantitative estimate of drug-likeness (QED) is 0.892. The van der Waals surface area contributed by atoms with E-state index >= 15 is 0 Å². The average Bonchev–Trinajstić information content (AvgIpc) is 3.13. The van der Waals surface area contributed by atoms with Crippen LogP contribution in [0.5, 0.6) is 0 Å². The Labute approximate surface area is 155 Å². The molecule has 2 aliphatic rings. The summed E-state index contributed by atoms with van der Waals surface area (Å²) in [6.45, 7) is 4.09. The molecule has 2 fully saturated rings. The number of pyridine rings is 1. The Kier molecular flexibility index (Phi) is 5.48. The van der Waals surface area contributed by atoms with E-state index in [2.05, 4.69) is 37.1 Å². The number of nitrogens with zero attached hydrogens (tertiary/aromatic N) is 5. The molecule has 0 bridgehead atoms. The van der Waals surface area contributed by atoms with Crippen LogP contribution in [0.3, 0.4) is 0 Å². The van der Waals surface area contributed by atoms with Crippen molar-refractivity contribution < 1.29 is 0 Å². The summed E-state index contributed by atoms with van der Waals surface area (Å²) in [7, 11) is 0. The van der Waals surface area contributed by atoms with Crippen LogP contribution in [0.1, 0.15) is 62.1 Å². The normalized spacial score (nSPS) is 22.5. The standard InChI is InChI=1S/C20H30N6/c21-20-18(9-4-10-22-20)14-25-11-5-6-16(12-25)13-26-15-19(23-24-26)17-7-2-1-3-8-17/h4,9-10,15-17H,1-3,5-8,11-14H2,(H2,21,22)/t16-/m1/s1. The third-order valence-corrected chi connectivity index (χ3v) is 5.95. The number of nitrogens with two attached hydrogens (primary N) is 1. The van der Waals surface area contributed by atoms with Gasteiger partial charge in [0.2, 0.25) is 0 Å². The molecule has 2 aromatic heterocycles. The van der Waals surface area contributed by atoms with Crippen molar-refractivity contribution in [1.29, 1.82) is 0 Å². The fraction of sp³-hybridized carbons (Fsp3) is 0.650. The third kappa shape index (κ3) is 4.23. The van der Waals surface area contributed by atoms with Crippen LogP contribution >= 0.6 is 0 Å². The van der Waals surface area contributed by atoms with Gasteiger partial charge in [0.05, 0.1) is 5.69 Å². The van der Waals surface area contributed by atoms with Gasteiger partial charge in [-0.05, 0) is 44.2 Å². The Hall–Kier alpha value is -1.95. The number of likely N-dealkylation sites (tertiary alicyclic amines) is 1. The first kappa shape index (κ1) is 17.5. The van der Waals surface area contributed by atoms with Crippen LogP contribution in [-0.2, 0) is 13.1 Å². The molecule has 0 amide bonds. The first-order valence-electron chi connectivity index (χ1n) is 10.1. The molecule has 2 aromatic rings. The second kappa shape index (κ2) is 8.16. The van der Waals surface area contributed by atoms with Crippen LogP contribution in [0, 0.1) is 5.92 Å². The molecule has 3 heterocycles. The molecule has 2 N–H and O–H groups in total. The lowest BCUT2D eigenvalue weighted by atomic mass is 9.87. The first-order chi connectivity index (χ1) is 12.8. The first-order valence-corrected chi connectivity index (χ1v) is 10.1. The van der Waals surface area contributed by atoms with Crippen molar-refractivity contribution in [2.75, 3.05) is 18.8 Å². The maximum Gasteiger partial charge on any atom is 0.127 e. The van der Waals surface area contributed by atoms with Crippen LogP contribution in [0.25, 0.3) is 0 Å². The SMILES string of the molecule is Nc1ncccc1CN1CCC[C@@H](Cn2cc(C3CCCCC3)nn2)C1. The smallest absolute Gasteiger partial charge is 0.127 e. The van der Waals surface area contributed by atoms with Gasteiger partial charge in [-0.3, -0.25) is 9.58 Å². The molecule has 6 heteroatoms. The molecule has 140 valence electrons. The summed E-state index contributed by atoms with van der Waals surface area (Å²) in [5.74, 6) is 1.92. The summed E-state index contributed by atoms with van der Waals surface area (Å²) >= 11 is 0. The van der Waals surface area contributed by atoms with E-state index in [1.807, 2.05) is 6.07 Å². The highest BCUT2D eigenvalue weighted by molar-refractivity contribution is 5.38. The molecule has 0 spiro atoms. The van der Waals surface area contributed by atoms with Gasteiger partial charge in [0.15, 0.2) is 0 Å². The van der Waals surface area contributed by atoms with Gasteiger partial charge in [0, 0.05) is 43.5 Å². The Morgan fingerprint density at radius 2 is 2.00 bits per heavy atom. The van der Waals surface area contributed by atoms with E-state index in [1.165, 1.54) is 50.6 Å². The second-order valence-corrected chi connectivity index (χ2v) is 7.99. The van der Waals surface area contributed by atoms with Gasteiger partial charge in [0.1, 0.15) is 5.82 Å². The lowest BCUT2D eigenvalue weighted by Gasteiger charge is -2.32. The predicted octanol–water partition coefficient (Wildman–Crippen LogP) is 3.22. The van der Waals surface area contributed by atoms with Crippen molar-refractivity contribution >= 4 is 5.82 Å². The van der Waals surface area contributed by atoms with Gasteiger partial charge in [-0.15, -0.1) is 5.10 Å². The van der Waals surface area contributed by atoms with E-state index in [1.54, 1.807) is 6.20 Å². The summed E-state index contributed by atoms with van der Waals surface area (Å²) in [4.78, 5) is 6.71. The molecule has 1 saturated carbocycles. The summed E-state index contributed by atoms with van der Waals surface area (Å²) in [6.07, 6.45) is 13.1. The average molecular weight is 355 g/mol. The third-order valence-electron chi connectivity index (χ3n) is 5.95. The Balaban J connectivity index is 1.33. The molecule has 6 nitrogen and oxygen atoms in total. The Morgan fingerprint density at radius 1 is 1.12 bits per heavy atom. The second-order valence-electron chi connectivity index (χ2n) is 7.99. The summed E-state index contributed by atoms with van der Waals surface area (Å²) in [6, 6.07) is 4.05. The molecule has 1 saturated heterocycles. The fourth-order valence-corrected chi connectivity index (χ4v) is 4.52. The zero-order valence-corrected chi connectivity index (χ0v) is 15.6. The fourth-order valence-electron chi connectivity index (χ4n) is 4.52. The van der Waals surface area contributed by atoms with Gasteiger partial charge in [-0.1, -0.05) is 30.5 Å². The molecule has 4 rings (SSSR count). The van der Waals surface area contributed by atoms with Gasteiger partial charge in [-0.2, -0.15) is 0 Å². The zero-order chi connectivity index (χ0) is 17.8. The number of hydrogen-bond acceptors (Lipinski definition) is 5. The van der Waals surface area contributed by atoms with Crippen molar-refractivity contribution in [1.82, 2.24) is 24.9 Å². The van der Waals surface area contributed by atoms with E-state index < -0.39 is 0 Å². The molecule has 0 radical (unpaired) electrons. The van der Waals surface area contributed by atoms with E-state index in [0.717, 1.165) is 31.7 Å². The number of hydrogen-bond donors (Lipinski definition) is 1. The van der Waals surface area contributed by atoms with E-state index in [-0.39, 0.29) is 0 Å². The molecule has 0 aromatic carbocycles. The summed E-state index contributed by atoms with van der Waals surface area (Å²) in [5, 5.41) is 8.91. The molecule has 1 atom stereocenters. The van der Waals surface area contributed by atoms with Gasteiger partial charge < -0.3 is 5.73 Å². The highest BCUT2D eigenvalue weighted by atomic mass is 15.4. The van der Waals surface area contributed by atoms with Gasteiger partial charge >= 0.3 is 0 Å². The number of anilines is 1. The van der Waals surface area contributed by atoms with Gasteiger partial charge in [0.25, 0.3) is 0 Å². The lowest BCUT2D eigenvalue weighted by Crippen LogP contribution is -2.36. The topological polar surface area (TPSA) is 72.9 Å². The number of aromatic nitrogens is 4. The van der Waals surface area contributed by atoms with E-state index in [0.29, 0.717) is 17.7 Å². The van der Waals surface area contributed by atoms with Crippen LogP contribution < -0.4 is 5.73 Å². The minimum absolute atomic E-state index is 0.627. The van der Waals surface area contributed by atoms with Gasteiger partial charge in [-0.25, -0.2) is 4.98 Å². The lowest BCUT2D eigenvalue weighted by molar-refractivity contribution is 0.153. The van der Waals surface area contributed by atoms with Crippen molar-refractivity contribution in [3.8, 4) is 0 Å². The zero-order valence-electron chi connectivity index (χ0n) is 15.6. The van der Waals surface area contributed by atoms with Crippen molar-refractivity contribution in [3.05, 3.63) is 35.8 Å². The number of nitrogen functional groups attached to an aromatic ring is 1. The molecular weight excluding hydrogens is 324 g/mol. The van der Waals surface area contributed by atoms with Crippen LogP contribution in [-0.4, -0.2) is 38.0 Å². The minimum atomic E-state index is 0.627. The monoisotopic (exact) mass is 354 g/mol. The van der Waals surface area contributed by atoms with Crippen LogP contribution in [0.2, 0.25) is 0 Å². The Bertz CT molecular complexity index is 706. The largest absolute Gasteiger partial charge is 0.383 e. The molecular formula is C20H30N6. The van der Waals surface area contributed by atoms with E-state index in [9.17, 15) is 0 Å². The highest BCUT2D eigenvalue weighted by Gasteiger charge is 2.23. The number of piperidine rings is 1. The maximum absolute atomic E-state index is 6.01. The molecule has 0 unspecified atom stereocenters. The highest BCUT2D eigenvalue weighted by Crippen LogP contribution is 2.31. The van der Waals surface area contributed by atoms with Crippen LogP contribution in [0.4, 0.5) is 5.82 Å². The van der Waals surface area contributed by atoms with E-state index in [4.69, 9.17) is 5.73 Å². The van der Waals surface area contributed by atoms with Crippen molar-refractivity contribution in [3.63, 3.8) is 0 Å². The Morgan fingerprint density at radius 3 is 2.85 bits per heavy atom. The van der Waals surface area contributed by atoms with Crippen molar-refractivity contribution in [2.45, 2.75) is 64.0 Å². The van der Waals surface area contributed by atoms with Crippen molar-refractivity contribution in [2.24, 2.45) is 5.92 Å². The summed E-state index contributed by atoms with van der Waals surface area (Å²) < 4.78 is 2.08. The summed E-state index contributed by atoms with van der Waals surface area (Å²) in [5.41, 5.74) is 8.35. The number of rotatable bonds is 5. The molecule has 1 aliphatic carbocycles.